The van der Waals surface area contributed by atoms with Crippen molar-refractivity contribution in [2.45, 2.75) is 13.8 Å². The van der Waals surface area contributed by atoms with Gasteiger partial charge in [0.15, 0.2) is 0 Å². The van der Waals surface area contributed by atoms with Crippen LogP contribution in [0.3, 0.4) is 0 Å². The first-order valence-electron chi connectivity index (χ1n) is 8.69. The molecule has 1 N–H and O–H groups in total. The quantitative estimate of drug-likeness (QED) is 0.479. The molecule has 0 spiro atoms. The minimum atomic E-state index is -0.868. The van der Waals surface area contributed by atoms with Gasteiger partial charge in [0, 0.05) is 19.2 Å². The summed E-state index contributed by atoms with van der Waals surface area (Å²) in [6, 6.07) is 10.8. The molecular formula is C19H17N5O6. The number of nitrogens with zero attached hydrogens (tertiary/aromatic N) is 4. The van der Waals surface area contributed by atoms with Crippen LogP contribution in [0, 0.1) is 34.1 Å². The van der Waals surface area contributed by atoms with Crippen LogP contribution in [0.5, 0.6) is 11.5 Å². The third kappa shape index (κ3) is 4.09. The van der Waals surface area contributed by atoms with E-state index in [1.54, 1.807) is 12.1 Å². The van der Waals surface area contributed by atoms with Gasteiger partial charge in [0.05, 0.1) is 21.6 Å². The Morgan fingerprint density at radius 1 is 1.10 bits per heavy atom. The highest BCUT2D eigenvalue weighted by molar-refractivity contribution is 6.06. The number of benzene rings is 2. The van der Waals surface area contributed by atoms with Crippen molar-refractivity contribution in [1.82, 2.24) is 9.78 Å². The van der Waals surface area contributed by atoms with Crippen LogP contribution in [0.4, 0.5) is 17.1 Å². The molecule has 0 aliphatic carbocycles. The third-order valence-corrected chi connectivity index (χ3v) is 4.38. The van der Waals surface area contributed by atoms with Crippen molar-refractivity contribution in [3.8, 4) is 11.5 Å². The van der Waals surface area contributed by atoms with Gasteiger partial charge in [-0.15, -0.1) is 0 Å². The highest BCUT2D eigenvalue weighted by Gasteiger charge is 2.29. The molecule has 30 heavy (non-hydrogen) atoms. The molecular weight excluding hydrogens is 394 g/mol. The summed E-state index contributed by atoms with van der Waals surface area (Å²) in [5.41, 5.74) is -0.0925. The molecule has 0 saturated heterocycles. The average Bonchev–Trinajstić information content (AvgIpc) is 2.98. The number of hydrogen-bond donors (Lipinski definition) is 1. The first kappa shape index (κ1) is 20.5. The largest absolute Gasteiger partial charge is 0.457 e. The number of nitro benzene ring substituents is 1. The normalized spacial score (nSPS) is 10.5. The van der Waals surface area contributed by atoms with Gasteiger partial charge >= 0.3 is 5.69 Å². The molecule has 0 radical (unpaired) electrons. The Morgan fingerprint density at radius 2 is 1.80 bits per heavy atom. The molecule has 0 aliphatic rings. The molecule has 3 rings (SSSR count). The van der Waals surface area contributed by atoms with E-state index in [4.69, 9.17) is 4.74 Å². The number of non-ortho nitro benzene ring substituents is 1. The number of nitrogens with one attached hydrogen (secondary N) is 1. The van der Waals surface area contributed by atoms with Gasteiger partial charge in [-0.1, -0.05) is 18.2 Å². The first-order valence-corrected chi connectivity index (χ1v) is 8.69. The Bertz CT molecular complexity index is 1170. The summed E-state index contributed by atoms with van der Waals surface area (Å²) in [5.74, 6) is -0.250. The van der Waals surface area contributed by atoms with Crippen molar-refractivity contribution in [1.29, 1.82) is 0 Å². The maximum absolute atomic E-state index is 12.6. The minimum Gasteiger partial charge on any atom is -0.457 e. The minimum absolute atomic E-state index is 0.0374. The second kappa shape index (κ2) is 7.99. The lowest BCUT2D eigenvalue weighted by Crippen LogP contribution is -2.14. The highest BCUT2D eigenvalue weighted by atomic mass is 16.6. The van der Waals surface area contributed by atoms with E-state index in [0.717, 1.165) is 11.6 Å². The van der Waals surface area contributed by atoms with E-state index >= 15 is 0 Å². The number of carbonyl (C=O) groups excluding carboxylic acids is 1. The van der Waals surface area contributed by atoms with E-state index in [9.17, 15) is 25.0 Å². The molecule has 1 amide bonds. The molecule has 0 bridgehead atoms. The monoisotopic (exact) mass is 411 g/mol. The van der Waals surface area contributed by atoms with Crippen molar-refractivity contribution >= 4 is 23.0 Å². The van der Waals surface area contributed by atoms with Crippen LogP contribution in [-0.2, 0) is 7.05 Å². The van der Waals surface area contributed by atoms with E-state index in [1.807, 2.05) is 19.1 Å². The SMILES string of the molecule is Cc1ccccc1Oc1cc(NC(=O)c2nn(C)c(C)c2[N+](=O)[O-])cc([N+](=O)[O-])c1. The lowest BCUT2D eigenvalue weighted by atomic mass is 10.2. The molecule has 0 aliphatic heterocycles. The van der Waals surface area contributed by atoms with Crippen molar-refractivity contribution in [2.75, 3.05) is 5.32 Å². The number of amides is 1. The molecule has 1 aromatic heterocycles. The predicted octanol–water partition coefficient (Wildman–Crippen LogP) is 3.90. The molecule has 154 valence electrons. The maximum Gasteiger partial charge on any atom is 0.322 e. The van der Waals surface area contributed by atoms with Crippen LogP contribution < -0.4 is 10.1 Å². The van der Waals surface area contributed by atoms with Crippen LogP contribution >= 0.6 is 0 Å². The van der Waals surface area contributed by atoms with Crippen LogP contribution in [0.1, 0.15) is 21.7 Å². The fourth-order valence-corrected chi connectivity index (χ4v) is 2.78. The van der Waals surface area contributed by atoms with Crippen LogP contribution in [0.15, 0.2) is 42.5 Å². The number of aromatic nitrogens is 2. The fourth-order valence-electron chi connectivity index (χ4n) is 2.78. The van der Waals surface area contributed by atoms with Crippen LogP contribution in [-0.4, -0.2) is 25.5 Å². The molecule has 0 saturated carbocycles. The first-order chi connectivity index (χ1) is 14.2. The summed E-state index contributed by atoms with van der Waals surface area (Å²) < 4.78 is 6.94. The summed E-state index contributed by atoms with van der Waals surface area (Å²) in [6.07, 6.45) is 0. The third-order valence-electron chi connectivity index (χ3n) is 4.38. The van der Waals surface area contributed by atoms with E-state index in [2.05, 4.69) is 10.4 Å². The van der Waals surface area contributed by atoms with Gasteiger partial charge in [-0.3, -0.25) is 29.7 Å². The van der Waals surface area contributed by atoms with Crippen LogP contribution in [0.2, 0.25) is 0 Å². The zero-order chi connectivity index (χ0) is 22.0. The predicted molar refractivity (Wildman–Crippen MR) is 107 cm³/mol. The zero-order valence-corrected chi connectivity index (χ0v) is 16.3. The zero-order valence-electron chi connectivity index (χ0n) is 16.3. The Kier molecular flexibility index (Phi) is 5.45. The van der Waals surface area contributed by atoms with E-state index in [-0.39, 0.29) is 22.8 Å². The summed E-state index contributed by atoms with van der Waals surface area (Å²) >= 11 is 0. The Morgan fingerprint density at radius 3 is 2.43 bits per heavy atom. The number of ether oxygens (including phenoxy) is 1. The van der Waals surface area contributed by atoms with Gasteiger partial charge in [0.1, 0.15) is 17.2 Å². The molecule has 0 fully saturated rings. The Labute approximate surface area is 170 Å². The van der Waals surface area contributed by atoms with Gasteiger partial charge < -0.3 is 10.1 Å². The highest BCUT2D eigenvalue weighted by Crippen LogP contribution is 2.32. The summed E-state index contributed by atoms with van der Waals surface area (Å²) in [5, 5.41) is 28.9. The van der Waals surface area contributed by atoms with E-state index in [0.29, 0.717) is 5.75 Å². The van der Waals surface area contributed by atoms with Crippen molar-refractivity contribution in [3.05, 3.63) is 79.6 Å². The lowest BCUT2D eigenvalue weighted by molar-refractivity contribution is -0.385. The number of carbonyl (C=O) groups is 1. The molecule has 1 heterocycles. The standard InChI is InChI=1S/C19H17N5O6/c1-11-6-4-5-7-16(11)30-15-9-13(8-14(10-15)23(26)27)20-19(25)17-18(24(28)29)12(2)22(3)21-17/h4-10H,1-3H3,(H,20,25). The summed E-state index contributed by atoms with van der Waals surface area (Å²) in [4.78, 5) is 33.9. The van der Waals surface area contributed by atoms with Crippen molar-refractivity contribution in [3.63, 3.8) is 0 Å². The Balaban J connectivity index is 1.96. The second-order valence-electron chi connectivity index (χ2n) is 6.46. The molecule has 2 aromatic carbocycles. The summed E-state index contributed by atoms with van der Waals surface area (Å²) in [7, 11) is 1.47. The second-order valence-corrected chi connectivity index (χ2v) is 6.46. The van der Waals surface area contributed by atoms with Gasteiger partial charge in [-0.05, 0) is 25.5 Å². The number of para-hydroxylation sites is 1. The van der Waals surface area contributed by atoms with Crippen molar-refractivity contribution in [2.24, 2.45) is 7.05 Å². The number of nitro groups is 2. The molecule has 0 unspecified atom stereocenters. The van der Waals surface area contributed by atoms with E-state index in [1.165, 1.54) is 30.8 Å². The van der Waals surface area contributed by atoms with Gasteiger partial charge in [-0.2, -0.15) is 5.10 Å². The maximum atomic E-state index is 12.6. The number of hydrogen-bond acceptors (Lipinski definition) is 7. The average molecular weight is 411 g/mol. The number of aryl methyl sites for hydroxylation is 2. The van der Waals surface area contributed by atoms with Gasteiger partial charge in [0.2, 0.25) is 5.69 Å². The van der Waals surface area contributed by atoms with Gasteiger partial charge in [-0.25, -0.2) is 0 Å². The Hall–Kier alpha value is -4.28. The van der Waals surface area contributed by atoms with Crippen molar-refractivity contribution < 1.29 is 19.4 Å². The summed E-state index contributed by atoms with van der Waals surface area (Å²) in [6.45, 7) is 3.28. The lowest BCUT2D eigenvalue weighted by Gasteiger charge is -2.10. The van der Waals surface area contributed by atoms with Gasteiger partial charge in [0.25, 0.3) is 11.6 Å². The van der Waals surface area contributed by atoms with E-state index < -0.39 is 27.1 Å². The smallest absolute Gasteiger partial charge is 0.322 e. The number of rotatable bonds is 6. The molecule has 3 aromatic rings. The molecule has 11 heteroatoms. The van der Waals surface area contributed by atoms with Crippen LogP contribution in [0.25, 0.3) is 0 Å². The molecule has 0 atom stereocenters. The molecule has 11 nitrogen and oxygen atoms in total. The number of anilines is 1. The topological polar surface area (TPSA) is 142 Å². The fraction of sp³-hybridized carbons (Fsp3) is 0.158.